The van der Waals surface area contributed by atoms with Gasteiger partial charge in [-0.3, -0.25) is 0 Å². The molecule has 1 atom stereocenters. The van der Waals surface area contributed by atoms with Gasteiger partial charge < -0.3 is 10.1 Å². The Morgan fingerprint density at radius 1 is 1.44 bits per heavy atom. The van der Waals surface area contributed by atoms with Crippen molar-refractivity contribution >= 4 is 23.2 Å². The molecule has 1 aliphatic heterocycles. The summed E-state index contributed by atoms with van der Waals surface area (Å²) in [6.07, 6.45) is 5.18. The van der Waals surface area contributed by atoms with Gasteiger partial charge in [0.25, 0.3) is 0 Å². The summed E-state index contributed by atoms with van der Waals surface area (Å²) in [4.78, 5) is 4.05. The number of rotatable bonds is 3. The summed E-state index contributed by atoms with van der Waals surface area (Å²) < 4.78 is 5.57. The Balaban J connectivity index is 1.88. The normalized spacial score (nSPS) is 20.8. The summed E-state index contributed by atoms with van der Waals surface area (Å²) >= 11 is 11.7. The lowest BCUT2D eigenvalue weighted by atomic mass is 10.1. The zero-order valence-corrected chi connectivity index (χ0v) is 10.4. The van der Waals surface area contributed by atoms with E-state index in [9.17, 15) is 0 Å². The van der Waals surface area contributed by atoms with E-state index in [1.54, 1.807) is 6.07 Å². The van der Waals surface area contributed by atoms with Crippen molar-refractivity contribution in [3.8, 4) is 5.88 Å². The molecule has 0 amide bonds. The predicted molar refractivity (Wildman–Crippen MR) is 65.4 cm³/mol. The summed E-state index contributed by atoms with van der Waals surface area (Å²) in [5.74, 6) is 0.457. The lowest BCUT2D eigenvalue weighted by Crippen LogP contribution is -2.38. The molecule has 16 heavy (non-hydrogen) atoms. The number of hydrogen-bond acceptors (Lipinski definition) is 3. The first kappa shape index (κ1) is 12.0. The predicted octanol–water partition coefficient (Wildman–Crippen LogP) is 2.91. The SMILES string of the molecule is Clc1cnc(OCC2CCCCN2)c(Cl)c1. The number of piperidine rings is 1. The Hall–Kier alpha value is -0.510. The third kappa shape index (κ3) is 3.24. The van der Waals surface area contributed by atoms with E-state index >= 15 is 0 Å². The molecule has 0 aromatic carbocycles. The third-order valence-electron chi connectivity index (χ3n) is 2.61. The van der Waals surface area contributed by atoms with Crippen LogP contribution >= 0.6 is 23.2 Å². The molecular weight excluding hydrogens is 247 g/mol. The Labute approximate surface area is 105 Å². The zero-order chi connectivity index (χ0) is 11.4. The minimum absolute atomic E-state index is 0.405. The van der Waals surface area contributed by atoms with Crippen LogP contribution in [0.25, 0.3) is 0 Å². The van der Waals surface area contributed by atoms with Crippen LogP contribution in [0.15, 0.2) is 12.3 Å². The Morgan fingerprint density at radius 2 is 2.31 bits per heavy atom. The molecule has 2 heterocycles. The molecule has 0 aliphatic carbocycles. The molecule has 1 aliphatic rings. The molecule has 0 bridgehead atoms. The first-order chi connectivity index (χ1) is 7.75. The van der Waals surface area contributed by atoms with Gasteiger partial charge in [-0.05, 0) is 25.5 Å². The van der Waals surface area contributed by atoms with Gasteiger partial charge in [-0.1, -0.05) is 29.6 Å². The van der Waals surface area contributed by atoms with Crippen LogP contribution in [0.4, 0.5) is 0 Å². The highest BCUT2D eigenvalue weighted by atomic mass is 35.5. The second kappa shape index (κ2) is 5.71. The van der Waals surface area contributed by atoms with E-state index in [-0.39, 0.29) is 0 Å². The number of pyridine rings is 1. The van der Waals surface area contributed by atoms with Crippen LogP contribution < -0.4 is 10.1 Å². The number of nitrogens with zero attached hydrogens (tertiary/aromatic N) is 1. The average molecular weight is 261 g/mol. The van der Waals surface area contributed by atoms with Gasteiger partial charge in [-0.25, -0.2) is 4.98 Å². The van der Waals surface area contributed by atoms with Crippen LogP contribution in [0.1, 0.15) is 19.3 Å². The van der Waals surface area contributed by atoms with Crippen molar-refractivity contribution in [3.63, 3.8) is 0 Å². The van der Waals surface area contributed by atoms with E-state index in [2.05, 4.69) is 10.3 Å². The Bertz CT molecular complexity index is 354. The molecule has 5 heteroatoms. The second-order valence-electron chi connectivity index (χ2n) is 3.90. The van der Waals surface area contributed by atoms with Crippen molar-refractivity contribution < 1.29 is 4.74 Å². The first-order valence-corrected chi connectivity index (χ1v) is 6.18. The molecule has 3 nitrogen and oxygen atoms in total. The number of aromatic nitrogens is 1. The Kier molecular flexibility index (Phi) is 4.27. The van der Waals surface area contributed by atoms with Gasteiger partial charge in [0.05, 0.1) is 5.02 Å². The smallest absolute Gasteiger partial charge is 0.232 e. The van der Waals surface area contributed by atoms with Crippen molar-refractivity contribution in [1.82, 2.24) is 10.3 Å². The van der Waals surface area contributed by atoms with E-state index in [1.807, 2.05) is 0 Å². The topological polar surface area (TPSA) is 34.1 Å². The standard InChI is InChI=1S/C11H14Cl2N2O/c12-8-5-10(13)11(15-6-8)16-7-9-3-1-2-4-14-9/h5-6,9,14H,1-4,7H2. The van der Waals surface area contributed by atoms with E-state index < -0.39 is 0 Å². The average Bonchev–Trinajstić information content (AvgIpc) is 2.29. The summed E-state index contributed by atoms with van der Waals surface area (Å²) in [7, 11) is 0. The van der Waals surface area contributed by atoms with Crippen LogP contribution in [-0.4, -0.2) is 24.2 Å². The molecule has 0 saturated carbocycles. The minimum atomic E-state index is 0.405. The third-order valence-corrected chi connectivity index (χ3v) is 3.09. The van der Waals surface area contributed by atoms with Crippen molar-refractivity contribution in [3.05, 3.63) is 22.3 Å². The van der Waals surface area contributed by atoms with Gasteiger partial charge in [-0.15, -0.1) is 0 Å². The van der Waals surface area contributed by atoms with Gasteiger partial charge in [0, 0.05) is 12.2 Å². The van der Waals surface area contributed by atoms with Gasteiger partial charge in [0.15, 0.2) is 0 Å². The van der Waals surface area contributed by atoms with Crippen molar-refractivity contribution in [2.75, 3.05) is 13.2 Å². The van der Waals surface area contributed by atoms with Crippen LogP contribution in [0, 0.1) is 0 Å². The fourth-order valence-corrected chi connectivity index (χ4v) is 2.19. The van der Waals surface area contributed by atoms with Crippen LogP contribution in [0.3, 0.4) is 0 Å². The highest BCUT2D eigenvalue weighted by Crippen LogP contribution is 2.24. The summed E-state index contributed by atoms with van der Waals surface area (Å²) in [6, 6.07) is 2.04. The second-order valence-corrected chi connectivity index (χ2v) is 4.74. The molecule has 1 fully saturated rings. The summed E-state index contributed by atoms with van der Waals surface area (Å²) in [6.45, 7) is 1.67. The van der Waals surface area contributed by atoms with E-state index in [4.69, 9.17) is 27.9 Å². The summed E-state index contributed by atoms with van der Waals surface area (Å²) in [5, 5.41) is 4.38. The molecular formula is C11H14Cl2N2O. The number of hydrogen-bond donors (Lipinski definition) is 1. The fraction of sp³-hybridized carbons (Fsp3) is 0.545. The maximum Gasteiger partial charge on any atom is 0.232 e. The fourth-order valence-electron chi connectivity index (χ4n) is 1.75. The van der Waals surface area contributed by atoms with Crippen LogP contribution in [0.2, 0.25) is 10.0 Å². The van der Waals surface area contributed by atoms with E-state index in [0.29, 0.717) is 28.6 Å². The molecule has 0 radical (unpaired) electrons. The Morgan fingerprint density at radius 3 is 3.00 bits per heavy atom. The number of ether oxygens (including phenoxy) is 1. The zero-order valence-electron chi connectivity index (χ0n) is 8.88. The molecule has 2 rings (SSSR count). The maximum absolute atomic E-state index is 5.95. The number of nitrogens with one attached hydrogen (secondary N) is 1. The van der Waals surface area contributed by atoms with Gasteiger partial charge in [0.2, 0.25) is 5.88 Å². The molecule has 1 N–H and O–H groups in total. The quantitative estimate of drug-likeness (QED) is 0.908. The maximum atomic E-state index is 5.95. The summed E-state index contributed by atoms with van der Waals surface area (Å²) in [5.41, 5.74) is 0. The molecule has 0 spiro atoms. The van der Waals surface area contributed by atoms with Crippen molar-refractivity contribution in [1.29, 1.82) is 0 Å². The minimum Gasteiger partial charge on any atom is -0.475 e. The van der Waals surface area contributed by atoms with Crippen molar-refractivity contribution in [2.45, 2.75) is 25.3 Å². The number of halogens is 2. The van der Waals surface area contributed by atoms with Gasteiger partial charge in [0.1, 0.15) is 11.6 Å². The van der Waals surface area contributed by atoms with Crippen LogP contribution in [0.5, 0.6) is 5.88 Å². The first-order valence-electron chi connectivity index (χ1n) is 5.43. The molecule has 1 aromatic heterocycles. The lowest BCUT2D eigenvalue weighted by molar-refractivity contribution is 0.232. The largest absolute Gasteiger partial charge is 0.475 e. The van der Waals surface area contributed by atoms with E-state index in [1.165, 1.54) is 19.0 Å². The monoisotopic (exact) mass is 260 g/mol. The lowest BCUT2D eigenvalue weighted by Gasteiger charge is -2.23. The van der Waals surface area contributed by atoms with Gasteiger partial charge in [-0.2, -0.15) is 0 Å². The highest BCUT2D eigenvalue weighted by molar-refractivity contribution is 6.35. The van der Waals surface area contributed by atoms with Crippen LogP contribution in [-0.2, 0) is 0 Å². The highest BCUT2D eigenvalue weighted by Gasteiger charge is 2.14. The molecule has 1 saturated heterocycles. The molecule has 88 valence electrons. The molecule has 1 unspecified atom stereocenters. The van der Waals surface area contributed by atoms with Gasteiger partial charge >= 0.3 is 0 Å². The molecule has 1 aromatic rings. The van der Waals surface area contributed by atoms with Crippen molar-refractivity contribution in [2.24, 2.45) is 0 Å². The van der Waals surface area contributed by atoms with E-state index in [0.717, 1.165) is 13.0 Å².